The highest BCUT2D eigenvalue weighted by atomic mass is 35.5. The van der Waals surface area contributed by atoms with E-state index in [0.717, 1.165) is 0 Å². The fourth-order valence-electron chi connectivity index (χ4n) is 2.56. The van der Waals surface area contributed by atoms with E-state index in [1.54, 1.807) is 55.5 Å². The summed E-state index contributed by atoms with van der Waals surface area (Å²) in [6.45, 7) is 3.75. The highest BCUT2D eigenvalue weighted by Crippen LogP contribution is 2.21. The Morgan fingerprint density at radius 2 is 1.67 bits per heavy atom. The highest BCUT2D eigenvalue weighted by molar-refractivity contribution is 6.33. The molecule has 2 aromatic rings. The minimum atomic E-state index is -0.501. The summed E-state index contributed by atoms with van der Waals surface area (Å²) in [6.07, 6.45) is 0. The van der Waals surface area contributed by atoms with Crippen molar-refractivity contribution < 1.29 is 19.1 Å². The Morgan fingerprint density at radius 3 is 2.30 bits per heavy atom. The van der Waals surface area contributed by atoms with Crippen molar-refractivity contribution >= 4 is 35.1 Å². The second-order valence-electron chi connectivity index (χ2n) is 5.64. The van der Waals surface area contributed by atoms with Crippen molar-refractivity contribution in [2.45, 2.75) is 13.8 Å². The molecule has 142 valence electrons. The summed E-state index contributed by atoms with van der Waals surface area (Å²) in [5, 5.41) is 3.09. The maximum absolute atomic E-state index is 12.2. The molecule has 0 saturated heterocycles. The molecule has 0 heterocycles. The average Bonchev–Trinajstić information content (AvgIpc) is 2.65. The molecule has 0 spiro atoms. The Kier molecular flexibility index (Phi) is 7.37. The molecular weight excluding hydrogens is 368 g/mol. The summed E-state index contributed by atoms with van der Waals surface area (Å²) in [5.41, 5.74) is 1.10. The van der Waals surface area contributed by atoms with Gasteiger partial charge in [0.15, 0.2) is 0 Å². The van der Waals surface area contributed by atoms with E-state index in [9.17, 15) is 14.4 Å². The number of amides is 2. The van der Waals surface area contributed by atoms with Crippen LogP contribution in [0.3, 0.4) is 0 Å². The third-order valence-electron chi connectivity index (χ3n) is 3.81. The zero-order chi connectivity index (χ0) is 19.8. The van der Waals surface area contributed by atoms with Gasteiger partial charge in [-0.3, -0.25) is 9.59 Å². The van der Waals surface area contributed by atoms with Gasteiger partial charge in [-0.15, -0.1) is 0 Å². The zero-order valence-electron chi connectivity index (χ0n) is 15.2. The molecule has 7 heteroatoms. The second-order valence-corrected chi connectivity index (χ2v) is 6.05. The number of hydrogen-bond acceptors (Lipinski definition) is 4. The predicted molar refractivity (Wildman–Crippen MR) is 104 cm³/mol. The first-order valence-corrected chi connectivity index (χ1v) is 8.90. The van der Waals surface area contributed by atoms with Gasteiger partial charge in [0.25, 0.3) is 5.91 Å². The average molecular weight is 389 g/mol. The fraction of sp³-hybridized carbons (Fsp3) is 0.250. The standard InChI is InChI=1S/C20H21ClN2O4/c1-3-27-20(26)16-9-5-7-11-18(16)23(14(2)24)13-12-22-19(25)15-8-4-6-10-17(15)21/h4-11H,3,12-13H2,1-2H3,(H,22,25). The lowest BCUT2D eigenvalue weighted by atomic mass is 10.1. The number of ether oxygens (including phenoxy) is 1. The summed E-state index contributed by atoms with van der Waals surface area (Å²) >= 11 is 6.02. The van der Waals surface area contributed by atoms with Crippen LogP contribution in [0.25, 0.3) is 0 Å². The molecule has 0 aromatic heterocycles. The molecule has 0 unspecified atom stereocenters. The maximum atomic E-state index is 12.2. The number of nitrogens with zero attached hydrogens (tertiary/aromatic N) is 1. The quantitative estimate of drug-likeness (QED) is 0.738. The van der Waals surface area contributed by atoms with Gasteiger partial charge in [0, 0.05) is 20.0 Å². The van der Waals surface area contributed by atoms with Crippen LogP contribution in [0.2, 0.25) is 5.02 Å². The van der Waals surface area contributed by atoms with Crippen LogP contribution in [0, 0.1) is 0 Å². The monoisotopic (exact) mass is 388 g/mol. The van der Waals surface area contributed by atoms with Crippen molar-refractivity contribution in [2.75, 3.05) is 24.6 Å². The van der Waals surface area contributed by atoms with Gasteiger partial charge in [0.1, 0.15) is 0 Å². The van der Waals surface area contributed by atoms with Gasteiger partial charge in [0.2, 0.25) is 5.91 Å². The van der Waals surface area contributed by atoms with Crippen LogP contribution in [0.15, 0.2) is 48.5 Å². The number of rotatable bonds is 7. The lowest BCUT2D eigenvalue weighted by molar-refractivity contribution is -0.116. The van der Waals surface area contributed by atoms with E-state index in [0.29, 0.717) is 21.8 Å². The predicted octanol–water partition coefficient (Wildman–Crippen LogP) is 3.30. The lowest BCUT2D eigenvalue weighted by Crippen LogP contribution is -2.38. The van der Waals surface area contributed by atoms with Gasteiger partial charge in [-0.1, -0.05) is 35.9 Å². The number of nitrogens with one attached hydrogen (secondary N) is 1. The molecule has 0 fully saturated rings. The molecule has 27 heavy (non-hydrogen) atoms. The second kappa shape index (κ2) is 9.73. The number of halogens is 1. The van der Waals surface area contributed by atoms with E-state index >= 15 is 0 Å². The van der Waals surface area contributed by atoms with Crippen LogP contribution < -0.4 is 10.2 Å². The van der Waals surface area contributed by atoms with Gasteiger partial charge in [-0.05, 0) is 31.2 Å². The molecule has 0 bridgehead atoms. The minimum Gasteiger partial charge on any atom is -0.462 e. The van der Waals surface area contributed by atoms with Crippen molar-refractivity contribution in [1.29, 1.82) is 0 Å². The topological polar surface area (TPSA) is 75.7 Å². The van der Waals surface area contributed by atoms with E-state index in [4.69, 9.17) is 16.3 Å². The molecule has 0 aliphatic heterocycles. The Bertz CT molecular complexity index is 838. The summed E-state index contributed by atoms with van der Waals surface area (Å²) in [5.74, 6) is -1.08. The summed E-state index contributed by atoms with van der Waals surface area (Å²) in [6, 6.07) is 13.4. The molecule has 0 radical (unpaired) electrons. The van der Waals surface area contributed by atoms with E-state index < -0.39 is 5.97 Å². The van der Waals surface area contributed by atoms with E-state index in [-0.39, 0.29) is 31.5 Å². The largest absolute Gasteiger partial charge is 0.462 e. The SMILES string of the molecule is CCOC(=O)c1ccccc1N(CCNC(=O)c1ccccc1Cl)C(C)=O. The van der Waals surface area contributed by atoms with Gasteiger partial charge in [-0.25, -0.2) is 4.79 Å². The lowest BCUT2D eigenvalue weighted by Gasteiger charge is -2.23. The highest BCUT2D eigenvalue weighted by Gasteiger charge is 2.20. The molecule has 1 N–H and O–H groups in total. The number of carbonyl (C=O) groups excluding carboxylic acids is 3. The number of hydrogen-bond donors (Lipinski definition) is 1. The van der Waals surface area contributed by atoms with E-state index in [1.165, 1.54) is 11.8 Å². The smallest absolute Gasteiger partial charge is 0.340 e. The van der Waals surface area contributed by atoms with E-state index in [2.05, 4.69) is 5.32 Å². The van der Waals surface area contributed by atoms with Crippen molar-refractivity contribution in [2.24, 2.45) is 0 Å². The molecule has 2 aromatic carbocycles. The van der Waals surface area contributed by atoms with Crippen LogP contribution in [0.4, 0.5) is 5.69 Å². The number of benzene rings is 2. The minimum absolute atomic E-state index is 0.195. The number of esters is 1. The Labute approximate surface area is 163 Å². The third kappa shape index (κ3) is 5.31. The van der Waals surface area contributed by atoms with Gasteiger partial charge < -0.3 is 15.0 Å². The Balaban J connectivity index is 2.11. The van der Waals surface area contributed by atoms with Crippen LogP contribution >= 0.6 is 11.6 Å². The Hall–Kier alpha value is -2.86. The summed E-state index contributed by atoms with van der Waals surface area (Å²) < 4.78 is 5.05. The molecule has 6 nitrogen and oxygen atoms in total. The molecule has 0 aliphatic rings. The molecule has 0 atom stereocenters. The molecule has 0 saturated carbocycles. The summed E-state index contributed by atoms with van der Waals surface area (Å²) in [7, 11) is 0. The van der Waals surface area contributed by atoms with Crippen molar-refractivity contribution in [3.63, 3.8) is 0 Å². The van der Waals surface area contributed by atoms with Crippen LogP contribution in [0.1, 0.15) is 34.6 Å². The first kappa shape index (κ1) is 20.5. The van der Waals surface area contributed by atoms with Crippen molar-refractivity contribution in [3.05, 3.63) is 64.7 Å². The van der Waals surface area contributed by atoms with Gasteiger partial charge >= 0.3 is 5.97 Å². The van der Waals surface area contributed by atoms with Gasteiger partial charge in [0.05, 0.1) is 28.4 Å². The van der Waals surface area contributed by atoms with Crippen molar-refractivity contribution in [1.82, 2.24) is 5.32 Å². The Morgan fingerprint density at radius 1 is 1.04 bits per heavy atom. The number of anilines is 1. The normalized spacial score (nSPS) is 10.2. The zero-order valence-corrected chi connectivity index (χ0v) is 16.0. The molecular formula is C20H21ClN2O4. The molecule has 2 amide bonds. The van der Waals surface area contributed by atoms with E-state index in [1.807, 2.05) is 0 Å². The number of para-hydroxylation sites is 1. The first-order chi connectivity index (χ1) is 13.0. The maximum Gasteiger partial charge on any atom is 0.340 e. The summed E-state index contributed by atoms with van der Waals surface area (Å²) in [4.78, 5) is 37.9. The number of carbonyl (C=O) groups is 3. The molecule has 0 aliphatic carbocycles. The van der Waals surface area contributed by atoms with Crippen molar-refractivity contribution in [3.8, 4) is 0 Å². The fourth-order valence-corrected chi connectivity index (χ4v) is 2.78. The third-order valence-corrected chi connectivity index (χ3v) is 4.14. The van der Waals surface area contributed by atoms with Crippen LogP contribution in [-0.2, 0) is 9.53 Å². The first-order valence-electron chi connectivity index (χ1n) is 8.52. The van der Waals surface area contributed by atoms with Crippen LogP contribution in [-0.4, -0.2) is 37.5 Å². The van der Waals surface area contributed by atoms with Gasteiger partial charge in [-0.2, -0.15) is 0 Å². The van der Waals surface area contributed by atoms with Crippen LogP contribution in [0.5, 0.6) is 0 Å². The molecule has 2 rings (SSSR count).